The summed E-state index contributed by atoms with van der Waals surface area (Å²) in [6.45, 7) is 1.15. The zero-order valence-electron chi connectivity index (χ0n) is 9.91. The monoisotopic (exact) mass is 316 g/mol. The topological polar surface area (TPSA) is 46.3 Å². The molecule has 0 spiro atoms. The van der Waals surface area contributed by atoms with Crippen LogP contribution in [0, 0.1) is 5.41 Å². The van der Waals surface area contributed by atoms with E-state index in [-0.39, 0.29) is 11.3 Å². The maximum atomic E-state index is 12.3. The second kappa shape index (κ2) is 5.08. The number of thiophene rings is 1. The van der Waals surface area contributed by atoms with Gasteiger partial charge >= 0.3 is 0 Å². The van der Waals surface area contributed by atoms with Gasteiger partial charge in [0, 0.05) is 28.3 Å². The van der Waals surface area contributed by atoms with Gasteiger partial charge in [0.1, 0.15) is 0 Å². The molecular weight excluding hydrogens is 300 g/mol. The minimum atomic E-state index is -0.261. The lowest BCUT2D eigenvalue weighted by molar-refractivity contribution is -0.145. The van der Waals surface area contributed by atoms with Gasteiger partial charge in [-0.1, -0.05) is 6.42 Å². The van der Waals surface area contributed by atoms with Gasteiger partial charge in [0.2, 0.25) is 5.91 Å². The van der Waals surface area contributed by atoms with Crippen molar-refractivity contribution in [3.8, 4) is 0 Å². The molecular formula is C12H17BrN2OS. The summed E-state index contributed by atoms with van der Waals surface area (Å²) in [6, 6.07) is 2.06. The molecule has 1 fully saturated rings. The van der Waals surface area contributed by atoms with Crippen LogP contribution in [0.5, 0.6) is 0 Å². The first kappa shape index (κ1) is 13.1. The van der Waals surface area contributed by atoms with Crippen LogP contribution in [0.25, 0.3) is 0 Å². The molecule has 5 heteroatoms. The highest BCUT2D eigenvalue weighted by Gasteiger charge is 2.44. The number of carbonyl (C=O) groups is 1. The molecule has 0 unspecified atom stereocenters. The number of nitrogens with two attached hydrogens (primary N) is 1. The van der Waals surface area contributed by atoms with Crippen LogP contribution in [0.3, 0.4) is 0 Å². The number of carbonyl (C=O) groups excluding carboxylic acids is 1. The minimum Gasteiger partial charge on any atom is -0.340 e. The highest BCUT2D eigenvalue weighted by Crippen LogP contribution is 2.41. The SMILES string of the molecule is CN(Cc1cc(Br)cs1)C(=O)C1(CN)CCC1. The van der Waals surface area contributed by atoms with Gasteiger partial charge in [-0.15, -0.1) is 11.3 Å². The smallest absolute Gasteiger partial charge is 0.230 e. The van der Waals surface area contributed by atoms with E-state index in [1.54, 1.807) is 11.3 Å². The van der Waals surface area contributed by atoms with Gasteiger partial charge in [-0.25, -0.2) is 0 Å². The van der Waals surface area contributed by atoms with Crippen LogP contribution < -0.4 is 5.73 Å². The molecule has 2 N–H and O–H groups in total. The van der Waals surface area contributed by atoms with Gasteiger partial charge in [0.15, 0.2) is 0 Å². The number of rotatable bonds is 4. The third-order valence-corrected chi connectivity index (χ3v) is 5.20. The average Bonchev–Trinajstić information content (AvgIpc) is 2.63. The third kappa shape index (κ3) is 2.56. The Bertz CT molecular complexity index is 409. The Labute approximate surface area is 114 Å². The van der Waals surface area contributed by atoms with Crippen molar-refractivity contribution in [1.82, 2.24) is 4.90 Å². The fraction of sp³-hybridized carbons (Fsp3) is 0.583. The Morgan fingerprint density at radius 1 is 1.65 bits per heavy atom. The van der Waals surface area contributed by atoms with E-state index in [1.165, 1.54) is 4.88 Å². The molecule has 0 aromatic carbocycles. The Morgan fingerprint density at radius 2 is 2.35 bits per heavy atom. The molecule has 0 aliphatic heterocycles. The highest BCUT2D eigenvalue weighted by molar-refractivity contribution is 9.10. The predicted octanol–water partition coefficient (Wildman–Crippen LogP) is 2.60. The first-order valence-electron chi connectivity index (χ1n) is 5.76. The summed E-state index contributed by atoms with van der Waals surface area (Å²) in [4.78, 5) is 15.3. The van der Waals surface area contributed by atoms with Crippen molar-refractivity contribution in [3.63, 3.8) is 0 Å². The Kier molecular flexibility index (Phi) is 3.90. The van der Waals surface area contributed by atoms with Gasteiger partial charge in [-0.05, 0) is 34.8 Å². The van der Waals surface area contributed by atoms with Gasteiger partial charge in [0.05, 0.1) is 12.0 Å². The maximum Gasteiger partial charge on any atom is 0.230 e. The van der Waals surface area contributed by atoms with Gasteiger partial charge in [-0.2, -0.15) is 0 Å². The Hall–Kier alpha value is -0.390. The molecule has 94 valence electrons. The largest absolute Gasteiger partial charge is 0.340 e. The zero-order chi connectivity index (χ0) is 12.5. The Morgan fingerprint density at radius 3 is 2.76 bits per heavy atom. The van der Waals surface area contributed by atoms with Crippen molar-refractivity contribution < 1.29 is 4.79 Å². The van der Waals surface area contributed by atoms with Gasteiger partial charge in [0.25, 0.3) is 0 Å². The van der Waals surface area contributed by atoms with Crippen molar-refractivity contribution in [3.05, 3.63) is 20.8 Å². The molecule has 0 atom stereocenters. The third-order valence-electron chi connectivity index (χ3n) is 3.52. The van der Waals surface area contributed by atoms with E-state index < -0.39 is 0 Å². The number of hydrogen-bond donors (Lipinski definition) is 1. The lowest BCUT2D eigenvalue weighted by Gasteiger charge is -2.41. The molecule has 1 aliphatic rings. The minimum absolute atomic E-state index is 0.204. The van der Waals surface area contributed by atoms with Crippen LogP contribution in [0.15, 0.2) is 15.9 Å². The summed E-state index contributed by atoms with van der Waals surface area (Å²) in [5.41, 5.74) is 5.49. The molecule has 1 saturated carbocycles. The quantitative estimate of drug-likeness (QED) is 0.928. The molecule has 1 aromatic heterocycles. The van der Waals surface area contributed by atoms with Crippen molar-refractivity contribution in [2.45, 2.75) is 25.8 Å². The van der Waals surface area contributed by atoms with E-state index >= 15 is 0 Å². The second-order valence-corrected chi connectivity index (χ2v) is 6.64. The van der Waals surface area contributed by atoms with Crippen LogP contribution in [0.1, 0.15) is 24.1 Å². The van der Waals surface area contributed by atoms with Crippen molar-refractivity contribution in [1.29, 1.82) is 0 Å². The highest BCUT2D eigenvalue weighted by atomic mass is 79.9. The molecule has 0 bridgehead atoms. The van der Waals surface area contributed by atoms with E-state index in [1.807, 2.05) is 17.3 Å². The maximum absolute atomic E-state index is 12.3. The Balaban J connectivity index is 2.00. The van der Waals surface area contributed by atoms with Crippen LogP contribution in [0.2, 0.25) is 0 Å². The molecule has 1 heterocycles. The first-order chi connectivity index (χ1) is 8.07. The average molecular weight is 317 g/mol. The molecule has 3 nitrogen and oxygen atoms in total. The number of halogens is 1. The van der Waals surface area contributed by atoms with Crippen LogP contribution in [-0.2, 0) is 11.3 Å². The van der Waals surface area contributed by atoms with Crippen LogP contribution in [0.4, 0.5) is 0 Å². The molecule has 1 aromatic rings. The fourth-order valence-corrected chi connectivity index (χ4v) is 3.76. The number of hydrogen-bond acceptors (Lipinski definition) is 3. The summed E-state index contributed by atoms with van der Waals surface area (Å²) in [6.07, 6.45) is 3.02. The number of amides is 1. The van der Waals surface area contributed by atoms with E-state index in [0.29, 0.717) is 13.1 Å². The summed E-state index contributed by atoms with van der Waals surface area (Å²) in [7, 11) is 1.87. The van der Waals surface area contributed by atoms with E-state index in [2.05, 4.69) is 22.0 Å². The second-order valence-electron chi connectivity index (χ2n) is 4.73. The molecule has 1 amide bonds. The van der Waals surface area contributed by atoms with Crippen LogP contribution >= 0.6 is 27.3 Å². The molecule has 2 rings (SSSR count). The zero-order valence-corrected chi connectivity index (χ0v) is 12.3. The normalized spacial score (nSPS) is 17.6. The lowest BCUT2D eigenvalue weighted by atomic mass is 9.68. The summed E-state index contributed by atoms with van der Waals surface area (Å²) < 4.78 is 1.08. The van der Waals surface area contributed by atoms with Crippen molar-refractivity contribution >= 4 is 33.2 Å². The van der Waals surface area contributed by atoms with E-state index in [0.717, 1.165) is 23.7 Å². The summed E-state index contributed by atoms with van der Waals surface area (Å²) in [5.74, 6) is 0.204. The number of nitrogens with zero attached hydrogens (tertiary/aromatic N) is 1. The predicted molar refractivity (Wildman–Crippen MR) is 73.8 cm³/mol. The summed E-state index contributed by atoms with van der Waals surface area (Å²) in [5, 5.41) is 2.04. The standard InChI is InChI=1S/C12H17BrN2OS/c1-15(6-10-5-9(13)7-17-10)11(16)12(8-14)3-2-4-12/h5,7H,2-4,6,8,14H2,1H3. The molecule has 0 radical (unpaired) electrons. The van der Waals surface area contributed by atoms with Crippen molar-refractivity contribution in [2.75, 3.05) is 13.6 Å². The first-order valence-corrected chi connectivity index (χ1v) is 7.43. The molecule has 17 heavy (non-hydrogen) atoms. The fourth-order valence-electron chi connectivity index (χ4n) is 2.26. The van der Waals surface area contributed by atoms with Crippen LogP contribution in [-0.4, -0.2) is 24.4 Å². The lowest BCUT2D eigenvalue weighted by Crippen LogP contribution is -2.50. The summed E-state index contributed by atoms with van der Waals surface area (Å²) >= 11 is 5.09. The van der Waals surface area contributed by atoms with Crippen molar-refractivity contribution in [2.24, 2.45) is 11.1 Å². The van der Waals surface area contributed by atoms with Gasteiger partial charge in [-0.3, -0.25) is 4.79 Å². The molecule has 0 saturated heterocycles. The van der Waals surface area contributed by atoms with E-state index in [9.17, 15) is 4.79 Å². The van der Waals surface area contributed by atoms with E-state index in [4.69, 9.17) is 5.73 Å². The molecule has 1 aliphatic carbocycles. The van der Waals surface area contributed by atoms with Gasteiger partial charge < -0.3 is 10.6 Å².